The molecule has 21 heavy (non-hydrogen) atoms. The highest BCUT2D eigenvalue weighted by atomic mass is 32.2. The molecule has 1 aromatic carbocycles. The Balaban J connectivity index is 2.11. The molecule has 0 aliphatic carbocycles. The minimum absolute atomic E-state index is 0.0937. The van der Waals surface area contributed by atoms with Crippen LogP contribution in [0.1, 0.15) is 6.42 Å². The number of hydrogen-bond acceptors (Lipinski definition) is 4. The molecule has 8 heteroatoms. The van der Waals surface area contributed by atoms with Crippen LogP contribution in [-0.2, 0) is 9.84 Å². The number of hydrogen-bond donors (Lipinski definition) is 1. The second kappa shape index (κ2) is 6.25. The van der Waals surface area contributed by atoms with Crippen LogP contribution in [0.3, 0.4) is 0 Å². The molecule has 116 valence electrons. The Morgan fingerprint density at radius 1 is 1.33 bits per heavy atom. The third-order valence-corrected chi connectivity index (χ3v) is 5.33. The lowest BCUT2D eigenvalue weighted by Gasteiger charge is -2.36. The average Bonchev–Trinajstić information content (AvgIpc) is 2.72. The summed E-state index contributed by atoms with van der Waals surface area (Å²) in [5.41, 5.74) is 0.661. The van der Waals surface area contributed by atoms with Crippen LogP contribution in [0, 0.1) is 5.82 Å². The van der Waals surface area contributed by atoms with Crippen molar-refractivity contribution in [3.63, 3.8) is 0 Å². The summed E-state index contributed by atoms with van der Waals surface area (Å²) in [5.74, 6) is -0.0461. The van der Waals surface area contributed by atoms with Gasteiger partial charge in [0.2, 0.25) is 0 Å². The Morgan fingerprint density at radius 2 is 1.95 bits per heavy atom. The van der Waals surface area contributed by atoms with Crippen LogP contribution < -0.4 is 5.32 Å². The van der Waals surface area contributed by atoms with Gasteiger partial charge in [-0.15, -0.1) is 0 Å². The number of benzene rings is 1. The Bertz CT molecular complexity index is 617. The van der Waals surface area contributed by atoms with Gasteiger partial charge >= 0.3 is 0 Å². The van der Waals surface area contributed by atoms with Crippen molar-refractivity contribution in [2.75, 3.05) is 30.9 Å². The summed E-state index contributed by atoms with van der Waals surface area (Å²) < 4.78 is 36.2. The van der Waals surface area contributed by atoms with E-state index in [1.54, 1.807) is 22.2 Å². The van der Waals surface area contributed by atoms with Crippen molar-refractivity contribution in [3.8, 4) is 0 Å². The fourth-order valence-electron chi connectivity index (χ4n) is 2.36. The van der Waals surface area contributed by atoms with E-state index in [1.165, 1.54) is 12.1 Å². The van der Waals surface area contributed by atoms with E-state index in [9.17, 15) is 12.8 Å². The van der Waals surface area contributed by atoms with Gasteiger partial charge in [-0.3, -0.25) is 5.01 Å². The van der Waals surface area contributed by atoms with Gasteiger partial charge in [-0.2, -0.15) is 0 Å². The summed E-state index contributed by atoms with van der Waals surface area (Å²) in [6, 6.07) is 5.67. The average molecular weight is 331 g/mol. The van der Waals surface area contributed by atoms with E-state index < -0.39 is 9.84 Å². The number of nitrogens with zero attached hydrogens (tertiary/aromatic N) is 2. The van der Waals surface area contributed by atoms with Gasteiger partial charge in [-0.05, 0) is 42.9 Å². The summed E-state index contributed by atoms with van der Waals surface area (Å²) in [5, 5.41) is 6.93. The zero-order valence-corrected chi connectivity index (χ0v) is 13.5. The highest BCUT2D eigenvalue weighted by molar-refractivity contribution is 7.91. The molecule has 1 fully saturated rings. The molecular weight excluding hydrogens is 313 g/mol. The molecule has 1 aliphatic heterocycles. The molecule has 1 N–H and O–H groups in total. The van der Waals surface area contributed by atoms with Crippen molar-refractivity contribution in [3.05, 3.63) is 30.1 Å². The molecule has 0 unspecified atom stereocenters. The summed E-state index contributed by atoms with van der Waals surface area (Å²) in [7, 11) is 0.627. The van der Waals surface area contributed by atoms with Gasteiger partial charge in [0.1, 0.15) is 5.82 Å². The number of rotatable bonds is 3. The molecule has 5 nitrogen and oxygen atoms in total. The smallest absolute Gasteiger partial charge is 0.188 e. The second-order valence-corrected chi connectivity index (χ2v) is 7.80. The van der Waals surface area contributed by atoms with Crippen LogP contribution in [-0.4, -0.2) is 55.2 Å². The van der Waals surface area contributed by atoms with Crippen LogP contribution in [0.15, 0.2) is 24.3 Å². The predicted octanol–water partition coefficient (Wildman–Crippen LogP) is 1.49. The van der Waals surface area contributed by atoms with Crippen LogP contribution in [0.5, 0.6) is 0 Å². The molecule has 1 atom stereocenters. The number of hydrazine groups is 1. The summed E-state index contributed by atoms with van der Waals surface area (Å²) in [4.78, 5) is 0. The van der Waals surface area contributed by atoms with Crippen molar-refractivity contribution >= 4 is 32.9 Å². The van der Waals surface area contributed by atoms with Crippen LogP contribution >= 0.6 is 12.2 Å². The number of sulfone groups is 1. The maximum absolute atomic E-state index is 12.9. The second-order valence-electron chi connectivity index (χ2n) is 5.19. The van der Waals surface area contributed by atoms with E-state index in [1.807, 2.05) is 14.1 Å². The molecule has 0 saturated carbocycles. The Labute approximate surface area is 129 Å². The van der Waals surface area contributed by atoms with Crippen LogP contribution in [0.2, 0.25) is 0 Å². The molecule has 1 aliphatic rings. The van der Waals surface area contributed by atoms with E-state index in [-0.39, 0.29) is 23.4 Å². The number of nitrogens with one attached hydrogen (secondary N) is 1. The summed E-state index contributed by atoms with van der Waals surface area (Å²) in [6.45, 7) is 0. The standard InChI is InChI=1S/C13H18FN3O2S2/c1-16(2)17(12-7-8-21(18,19)9-12)13(20)15-11-5-3-10(14)4-6-11/h3-6,12H,7-9H2,1-2H3,(H,15,20)/t12-/m0/s1. The molecule has 1 aromatic rings. The first kappa shape index (κ1) is 16.1. The Hall–Kier alpha value is -1.25. The van der Waals surface area contributed by atoms with Crippen molar-refractivity contribution < 1.29 is 12.8 Å². The Morgan fingerprint density at radius 3 is 2.43 bits per heavy atom. The van der Waals surface area contributed by atoms with Crippen molar-refractivity contribution in [1.29, 1.82) is 0 Å². The molecule has 0 bridgehead atoms. The highest BCUT2D eigenvalue weighted by Gasteiger charge is 2.34. The zero-order valence-electron chi connectivity index (χ0n) is 11.9. The van der Waals surface area contributed by atoms with Gasteiger partial charge in [0, 0.05) is 19.8 Å². The third kappa shape index (κ3) is 4.12. The van der Waals surface area contributed by atoms with Crippen molar-refractivity contribution in [2.24, 2.45) is 0 Å². The van der Waals surface area contributed by atoms with E-state index in [0.29, 0.717) is 17.2 Å². The maximum atomic E-state index is 12.9. The van der Waals surface area contributed by atoms with Gasteiger partial charge in [0.15, 0.2) is 14.9 Å². The minimum atomic E-state index is -2.99. The number of halogens is 1. The largest absolute Gasteiger partial charge is 0.332 e. The predicted molar refractivity (Wildman–Crippen MR) is 85.2 cm³/mol. The first-order valence-electron chi connectivity index (χ1n) is 6.52. The van der Waals surface area contributed by atoms with E-state index >= 15 is 0 Å². The monoisotopic (exact) mass is 331 g/mol. The summed E-state index contributed by atoms with van der Waals surface area (Å²) in [6.07, 6.45) is 0.547. The molecule has 1 heterocycles. The van der Waals surface area contributed by atoms with Crippen molar-refractivity contribution in [1.82, 2.24) is 10.0 Å². The topological polar surface area (TPSA) is 52.6 Å². The molecule has 0 spiro atoms. The summed E-state index contributed by atoms with van der Waals surface area (Å²) >= 11 is 5.36. The first-order chi connectivity index (χ1) is 9.78. The first-order valence-corrected chi connectivity index (χ1v) is 8.75. The molecule has 0 amide bonds. The lowest BCUT2D eigenvalue weighted by atomic mass is 10.2. The third-order valence-electron chi connectivity index (χ3n) is 3.29. The molecule has 0 aromatic heterocycles. The maximum Gasteiger partial charge on any atom is 0.188 e. The lowest BCUT2D eigenvalue weighted by molar-refractivity contribution is 0.0757. The fourth-order valence-corrected chi connectivity index (χ4v) is 4.48. The molecule has 0 radical (unpaired) electrons. The minimum Gasteiger partial charge on any atom is -0.332 e. The quantitative estimate of drug-likeness (QED) is 0.669. The van der Waals surface area contributed by atoms with Gasteiger partial charge in [0.05, 0.1) is 17.5 Å². The molecule has 1 saturated heterocycles. The lowest BCUT2D eigenvalue weighted by Crippen LogP contribution is -2.51. The number of anilines is 1. The van der Waals surface area contributed by atoms with E-state index in [4.69, 9.17) is 12.2 Å². The molecule has 2 rings (SSSR count). The molecular formula is C13H18FN3O2S2. The van der Waals surface area contributed by atoms with Gasteiger partial charge < -0.3 is 5.32 Å². The van der Waals surface area contributed by atoms with Gasteiger partial charge in [0.25, 0.3) is 0 Å². The van der Waals surface area contributed by atoms with Crippen LogP contribution in [0.25, 0.3) is 0 Å². The van der Waals surface area contributed by atoms with Crippen molar-refractivity contribution in [2.45, 2.75) is 12.5 Å². The number of thiocarbonyl (C=S) groups is 1. The van der Waals surface area contributed by atoms with Crippen LogP contribution in [0.4, 0.5) is 10.1 Å². The Kier molecular flexibility index (Phi) is 4.80. The highest BCUT2D eigenvalue weighted by Crippen LogP contribution is 2.20. The van der Waals surface area contributed by atoms with E-state index in [2.05, 4.69) is 5.32 Å². The van der Waals surface area contributed by atoms with Gasteiger partial charge in [-0.1, -0.05) is 0 Å². The van der Waals surface area contributed by atoms with E-state index in [0.717, 1.165) is 0 Å². The zero-order chi connectivity index (χ0) is 15.6. The normalized spacial score (nSPS) is 20.5. The fraction of sp³-hybridized carbons (Fsp3) is 0.462. The van der Waals surface area contributed by atoms with Gasteiger partial charge in [-0.25, -0.2) is 17.8 Å². The SMILES string of the molecule is CN(C)N(C(=S)Nc1ccc(F)cc1)[C@H]1CCS(=O)(=O)C1.